The van der Waals surface area contributed by atoms with E-state index in [-0.39, 0.29) is 17.9 Å². The minimum atomic E-state index is 0.0631. The van der Waals surface area contributed by atoms with E-state index in [0.717, 1.165) is 61.6 Å². The van der Waals surface area contributed by atoms with E-state index in [0.29, 0.717) is 6.61 Å². The molecule has 1 N–H and O–H groups in total. The fraction of sp³-hybridized carbons (Fsp3) is 0.462. The van der Waals surface area contributed by atoms with Crippen LogP contribution < -0.4 is 10.2 Å². The van der Waals surface area contributed by atoms with Crippen molar-refractivity contribution in [1.29, 1.82) is 0 Å². The van der Waals surface area contributed by atoms with Crippen molar-refractivity contribution in [3.63, 3.8) is 0 Å². The summed E-state index contributed by atoms with van der Waals surface area (Å²) < 4.78 is 7.68. The third kappa shape index (κ3) is 3.99. The number of carbonyl (C=O) groups is 1. The number of rotatable bonds is 4. The first-order valence-corrected chi connectivity index (χ1v) is 11.7. The van der Waals surface area contributed by atoms with Gasteiger partial charge in [0.25, 0.3) is 0 Å². The highest BCUT2D eigenvalue weighted by atomic mass is 16.5. The highest BCUT2D eigenvalue weighted by molar-refractivity contribution is 5.83. The monoisotopic (exact) mass is 432 g/mol. The molecular formula is C26H32N4O2. The zero-order chi connectivity index (χ0) is 22.2. The molecule has 168 valence electrons. The molecule has 0 spiro atoms. The van der Waals surface area contributed by atoms with Gasteiger partial charge in [0.05, 0.1) is 23.7 Å². The van der Waals surface area contributed by atoms with Crippen LogP contribution >= 0.6 is 0 Å². The Labute approximate surface area is 189 Å². The number of amides is 1. The molecule has 2 aliphatic rings. The molecule has 2 aliphatic heterocycles. The Morgan fingerprint density at radius 3 is 2.56 bits per heavy atom. The molecule has 32 heavy (non-hydrogen) atoms. The second-order valence-corrected chi connectivity index (χ2v) is 9.34. The van der Waals surface area contributed by atoms with Gasteiger partial charge in [0.2, 0.25) is 11.9 Å². The Kier molecular flexibility index (Phi) is 5.64. The van der Waals surface area contributed by atoms with Gasteiger partial charge in [0.1, 0.15) is 0 Å². The number of nitrogens with one attached hydrogen (secondary N) is 1. The van der Waals surface area contributed by atoms with E-state index in [9.17, 15) is 4.79 Å². The molecule has 2 fully saturated rings. The van der Waals surface area contributed by atoms with Gasteiger partial charge < -0.3 is 15.0 Å². The van der Waals surface area contributed by atoms with Gasteiger partial charge in [0, 0.05) is 31.3 Å². The maximum atomic E-state index is 12.7. The Morgan fingerprint density at radius 1 is 1.06 bits per heavy atom. The Bertz CT molecular complexity index is 1140. The first-order chi connectivity index (χ1) is 15.5. The van der Waals surface area contributed by atoms with Crippen molar-refractivity contribution in [1.82, 2.24) is 14.9 Å². The molecule has 3 aromatic rings. The lowest BCUT2D eigenvalue weighted by Crippen LogP contribution is -2.44. The lowest BCUT2D eigenvalue weighted by Gasteiger charge is -2.33. The second kappa shape index (κ2) is 8.58. The van der Waals surface area contributed by atoms with E-state index in [4.69, 9.17) is 9.72 Å². The third-order valence-electron chi connectivity index (χ3n) is 6.94. The molecule has 3 heterocycles. The predicted molar refractivity (Wildman–Crippen MR) is 128 cm³/mol. The highest BCUT2D eigenvalue weighted by Gasteiger charge is 2.30. The van der Waals surface area contributed by atoms with Crippen LogP contribution in [-0.4, -0.2) is 47.8 Å². The topological polar surface area (TPSA) is 59.4 Å². The Balaban J connectivity index is 1.43. The zero-order valence-electron chi connectivity index (χ0n) is 19.2. The zero-order valence-corrected chi connectivity index (χ0v) is 19.2. The maximum absolute atomic E-state index is 12.7. The minimum absolute atomic E-state index is 0.0631. The number of ether oxygens (including phenoxy) is 1. The number of imidazole rings is 1. The summed E-state index contributed by atoms with van der Waals surface area (Å²) in [7, 11) is 0. The van der Waals surface area contributed by atoms with Gasteiger partial charge in [-0.25, -0.2) is 4.98 Å². The van der Waals surface area contributed by atoms with Gasteiger partial charge >= 0.3 is 0 Å². The molecule has 6 nitrogen and oxygen atoms in total. The van der Waals surface area contributed by atoms with Crippen LogP contribution in [0.25, 0.3) is 16.7 Å². The van der Waals surface area contributed by atoms with E-state index in [1.165, 1.54) is 16.7 Å². The lowest BCUT2D eigenvalue weighted by atomic mass is 9.95. The number of benzene rings is 2. The summed E-state index contributed by atoms with van der Waals surface area (Å²) in [6.45, 7) is 9.46. The lowest BCUT2D eigenvalue weighted by molar-refractivity contribution is -0.126. The summed E-state index contributed by atoms with van der Waals surface area (Å²) in [6.07, 6.45) is 2.60. The van der Waals surface area contributed by atoms with Crippen molar-refractivity contribution in [3.05, 3.63) is 53.1 Å². The van der Waals surface area contributed by atoms with E-state index >= 15 is 0 Å². The van der Waals surface area contributed by atoms with Crippen LogP contribution in [0.1, 0.15) is 36.0 Å². The van der Waals surface area contributed by atoms with Crippen LogP contribution in [0.3, 0.4) is 0 Å². The number of aryl methyl sites for hydroxylation is 3. The number of hydrogen-bond donors (Lipinski definition) is 1. The molecule has 0 radical (unpaired) electrons. The summed E-state index contributed by atoms with van der Waals surface area (Å²) in [5.41, 5.74) is 7.03. The van der Waals surface area contributed by atoms with Crippen LogP contribution in [0.4, 0.5) is 5.95 Å². The number of nitrogens with zero attached hydrogens (tertiary/aromatic N) is 3. The third-order valence-corrected chi connectivity index (χ3v) is 6.94. The number of piperidine rings is 1. The van der Waals surface area contributed by atoms with E-state index in [1.54, 1.807) is 0 Å². The molecular weight excluding hydrogens is 400 g/mol. The SMILES string of the molecule is Cc1cccc(-n2c(N3CCC(C(=O)N[C@@H]4CCOC4)CC3)nc3cc(C)c(C)cc32)c1. The fourth-order valence-corrected chi connectivity index (χ4v) is 4.86. The average Bonchev–Trinajstić information content (AvgIpc) is 3.42. The van der Waals surface area contributed by atoms with Crippen LogP contribution in [0.15, 0.2) is 36.4 Å². The molecule has 2 saturated heterocycles. The van der Waals surface area contributed by atoms with Crippen LogP contribution in [0, 0.1) is 26.7 Å². The van der Waals surface area contributed by atoms with Crippen molar-refractivity contribution in [3.8, 4) is 5.69 Å². The average molecular weight is 433 g/mol. The van der Waals surface area contributed by atoms with Gasteiger partial charge in [-0.3, -0.25) is 9.36 Å². The van der Waals surface area contributed by atoms with Crippen molar-refractivity contribution in [2.45, 2.75) is 46.1 Å². The molecule has 2 aromatic carbocycles. The smallest absolute Gasteiger partial charge is 0.223 e. The quantitative estimate of drug-likeness (QED) is 0.675. The molecule has 0 bridgehead atoms. The Morgan fingerprint density at radius 2 is 1.84 bits per heavy atom. The van der Waals surface area contributed by atoms with Gasteiger partial charge in [-0.05, 0) is 81.0 Å². The molecule has 1 atom stereocenters. The normalized spacial score (nSPS) is 19.6. The summed E-state index contributed by atoms with van der Waals surface area (Å²) in [4.78, 5) is 20.1. The minimum Gasteiger partial charge on any atom is -0.379 e. The number of hydrogen-bond acceptors (Lipinski definition) is 4. The molecule has 5 rings (SSSR count). The van der Waals surface area contributed by atoms with Crippen molar-refractivity contribution < 1.29 is 9.53 Å². The van der Waals surface area contributed by atoms with Gasteiger partial charge in [-0.15, -0.1) is 0 Å². The number of fused-ring (bicyclic) bond motifs is 1. The van der Waals surface area contributed by atoms with Crippen molar-refractivity contribution >= 4 is 22.9 Å². The standard InChI is InChI=1S/C26H32N4O2/c1-17-5-4-6-22(13-17)30-24-15-19(3)18(2)14-23(24)28-26(30)29-10-7-20(8-11-29)25(31)27-21-9-12-32-16-21/h4-6,13-15,20-21H,7-12,16H2,1-3H3,(H,27,31)/t21-/m1/s1. The number of anilines is 1. The van der Waals surface area contributed by atoms with Crippen LogP contribution in [0.2, 0.25) is 0 Å². The largest absolute Gasteiger partial charge is 0.379 e. The van der Waals surface area contributed by atoms with E-state index in [2.05, 4.69) is 72.0 Å². The van der Waals surface area contributed by atoms with E-state index in [1.807, 2.05) is 0 Å². The molecule has 0 unspecified atom stereocenters. The molecule has 0 saturated carbocycles. The predicted octanol–water partition coefficient (Wildman–Crippen LogP) is 4.07. The number of carbonyl (C=O) groups excluding carboxylic acids is 1. The summed E-state index contributed by atoms with van der Waals surface area (Å²) >= 11 is 0. The summed E-state index contributed by atoms with van der Waals surface area (Å²) in [5, 5.41) is 3.18. The highest BCUT2D eigenvalue weighted by Crippen LogP contribution is 2.32. The molecule has 1 aromatic heterocycles. The van der Waals surface area contributed by atoms with Crippen molar-refractivity contribution in [2.75, 3.05) is 31.2 Å². The molecule has 6 heteroatoms. The maximum Gasteiger partial charge on any atom is 0.223 e. The van der Waals surface area contributed by atoms with Crippen LogP contribution in [0.5, 0.6) is 0 Å². The molecule has 1 amide bonds. The first-order valence-electron chi connectivity index (χ1n) is 11.7. The van der Waals surface area contributed by atoms with Crippen LogP contribution in [-0.2, 0) is 9.53 Å². The fourth-order valence-electron chi connectivity index (χ4n) is 4.86. The van der Waals surface area contributed by atoms with Crippen molar-refractivity contribution in [2.24, 2.45) is 5.92 Å². The second-order valence-electron chi connectivity index (χ2n) is 9.34. The number of aromatic nitrogens is 2. The Hall–Kier alpha value is -2.86. The van der Waals surface area contributed by atoms with Gasteiger partial charge in [-0.2, -0.15) is 0 Å². The van der Waals surface area contributed by atoms with Gasteiger partial charge in [0.15, 0.2) is 0 Å². The molecule has 0 aliphatic carbocycles. The van der Waals surface area contributed by atoms with E-state index < -0.39 is 0 Å². The van der Waals surface area contributed by atoms with Gasteiger partial charge in [-0.1, -0.05) is 12.1 Å². The summed E-state index contributed by atoms with van der Waals surface area (Å²) in [5.74, 6) is 1.21. The first kappa shape index (κ1) is 21.0. The summed E-state index contributed by atoms with van der Waals surface area (Å²) in [6, 6.07) is 13.2.